The lowest BCUT2D eigenvalue weighted by molar-refractivity contribution is -0.128. The Hall–Kier alpha value is -2.30. The number of nitrogens with one attached hydrogen (secondary N) is 1. The van der Waals surface area contributed by atoms with Gasteiger partial charge in [-0.1, -0.05) is 32.4 Å². The molecule has 2 atom stereocenters. The molecule has 0 aliphatic carbocycles. The zero-order valence-corrected chi connectivity index (χ0v) is 14.1. The van der Waals surface area contributed by atoms with Crippen molar-refractivity contribution in [1.29, 1.82) is 0 Å². The van der Waals surface area contributed by atoms with Gasteiger partial charge in [-0.05, 0) is 30.9 Å². The molecular formula is C18H24N2O3. The molecule has 0 aliphatic heterocycles. The van der Waals surface area contributed by atoms with Crippen molar-refractivity contribution in [2.75, 3.05) is 0 Å². The van der Waals surface area contributed by atoms with E-state index in [1.165, 1.54) is 0 Å². The summed E-state index contributed by atoms with van der Waals surface area (Å²) in [6, 6.07) is 3.33. The Labute approximate surface area is 136 Å². The van der Waals surface area contributed by atoms with Crippen molar-refractivity contribution in [1.82, 2.24) is 5.32 Å². The van der Waals surface area contributed by atoms with Gasteiger partial charge in [-0.3, -0.25) is 9.59 Å². The van der Waals surface area contributed by atoms with Crippen LogP contribution in [-0.2, 0) is 16.0 Å². The molecule has 0 spiro atoms. The molecule has 5 heteroatoms. The summed E-state index contributed by atoms with van der Waals surface area (Å²) in [6.07, 6.45) is 2.54. The fourth-order valence-electron chi connectivity index (χ4n) is 2.65. The van der Waals surface area contributed by atoms with Gasteiger partial charge in [-0.2, -0.15) is 0 Å². The van der Waals surface area contributed by atoms with Gasteiger partial charge in [0.2, 0.25) is 11.8 Å². The second-order valence-electron chi connectivity index (χ2n) is 6.15. The van der Waals surface area contributed by atoms with E-state index >= 15 is 0 Å². The Morgan fingerprint density at radius 2 is 2.00 bits per heavy atom. The van der Waals surface area contributed by atoms with Gasteiger partial charge in [0.05, 0.1) is 12.7 Å². The molecule has 1 aromatic carbocycles. The van der Waals surface area contributed by atoms with Crippen LogP contribution in [0.5, 0.6) is 0 Å². The fraction of sp³-hybridized carbons (Fsp3) is 0.444. The number of primary amides is 1. The van der Waals surface area contributed by atoms with E-state index in [2.05, 4.69) is 5.32 Å². The van der Waals surface area contributed by atoms with E-state index in [1.54, 1.807) is 6.26 Å². The van der Waals surface area contributed by atoms with E-state index in [4.69, 9.17) is 10.2 Å². The number of carbonyl (C=O) groups is 2. The van der Waals surface area contributed by atoms with Crippen LogP contribution in [0.1, 0.15) is 37.0 Å². The second-order valence-corrected chi connectivity index (χ2v) is 6.15. The maximum atomic E-state index is 12.3. The van der Waals surface area contributed by atoms with Crippen molar-refractivity contribution in [3.8, 4) is 0 Å². The van der Waals surface area contributed by atoms with Crippen LogP contribution < -0.4 is 11.1 Å². The molecule has 0 radical (unpaired) electrons. The zero-order valence-electron chi connectivity index (χ0n) is 14.1. The van der Waals surface area contributed by atoms with Crippen molar-refractivity contribution in [3.05, 3.63) is 35.1 Å². The van der Waals surface area contributed by atoms with Gasteiger partial charge in [0.1, 0.15) is 11.6 Å². The highest BCUT2D eigenvalue weighted by atomic mass is 16.3. The summed E-state index contributed by atoms with van der Waals surface area (Å²) in [6.45, 7) is 7.88. The third-order valence-electron chi connectivity index (χ3n) is 4.53. The van der Waals surface area contributed by atoms with Crippen molar-refractivity contribution < 1.29 is 14.0 Å². The minimum absolute atomic E-state index is 0.00226. The number of carbonyl (C=O) groups excluding carboxylic acids is 2. The van der Waals surface area contributed by atoms with Crippen LogP contribution >= 0.6 is 0 Å². The second kappa shape index (κ2) is 6.86. The van der Waals surface area contributed by atoms with Gasteiger partial charge >= 0.3 is 0 Å². The van der Waals surface area contributed by atoms with Crippen LogP contribution in [0, 0.1) is 19.8 Å². The number of fused-ring (bicyclic) bond motifs is 1. The third-order valence-corrected chi connectivity index (χ3v) is 4.53. The standard InChI is InChI=1S/C18H24N2O3/c1-5-10(2)16(18(19)22)20-15(21)8-13-9-23-17-12(4)11(3)6-7-14(13)17/h6-7,9-10,16H,5,8H2,1-4H3,(H2,19,22)(H,20,21). The van der Waals surface area contributed by atoms with E-state index < -0.39 is 11.9 Å². The molecule has 0 bridgehead atoms. The monoisotopic (exact) mass is 316 g/mol. The molecule has 2 amide bonds. The summed E-state index contributed by atoms with van der Waals surface area (Å²) in [5, 5.41) is 3.67. The first-order valence-electron chi connectivity index (χ1n) is 7.90. The Balaban J connectivity index is 2.17. The topological polar surface area (TPSA) is 85.3 Å². The number of rotatable bonds is 6. The number of furan rings is 1. The fourth-order valence-corrected chi connectivity index (χ4v) is 2.65. The van der Waals surface area contributed by atoms with Gasteiger partial charge in [-0.15, -0.1) is 0 Å². The summed E-state index contributed by atoms with van der Waals surface area (Å²) in [4.78, 5) is 23.8. The first kappa shape index (κ1) is 17.1. The number of aryl methyl sites for hydroxylation is 2. The van der Waals surface area contributed by atoms with E-state index in [0.717, 1.165) is 34.1 Å². The third kappa shape index (κ3) is 3.55. The van der Waals surface area contributed by atoms with Crippen molar-refractivity contribution in [2.24, 2.45) is 11.7 Å². The summed E-state index contributed by atoms with van der Waals surface area (Å²) in [5.41, 5.74) is 9.23. The maximum Gasteiger partial charge on any atom is 0.240 e. The highest BCUT2D eigenvalue weighted by Crippen LogP contribution is 2.26. The normalized spacial score (nSPS) is 13.7. The predicted octanol–water partition coefficient (Wildman–Crippen LogP) is 2.61. The first-order valence-corrected chi connectivity index (χ1v) is 7.90. The van der Waals surface area contributed by atoms with Crippen LogP contribution in [0.3, 0.4) is 0 Å². The van der Waals surface area contributed by atoms with Gasteiger partial charge in [0, 0.05) is 10.9 Å². The molecule has 2 rings (SSSR count). The van der Waals surface area contributed by atoms with Crippen LogP contribution in [-0.4, -0.2) is 17.9 Å². The smallest absolute Gasteiger partial charge is 0.240 e. The SMILES string of the molecule is CCC(C)C(NC(=O)Cc1coc2c(C)c(C)ccc12)C(N)=O. The predicted molar refractivity (Wildman–Crippen MR) is 90.0 cm³/mol. The van der Waals surface area contributed by atoms with Gasteiger partial charge in [-0.25, -0.2) is 0 Å². The number of hydrogen-bond donors (Lipinski definition) is 2. The molecule has 23 heavy (non-hydrogen) atoms. The average Bonchev–Trinajstić information content (AvgIpc) is 2.91. The lowest BCUT2D eigenvalue weighted by atomic mass is 9.98. The summed E-state index contributed by atoms with van der Waals surface area (Å²) < 4.78 is 5.61. The minimum atomic E-state index is -0.644. The summed E-state index contributed by atoms with van der Waals surface area (Å²) in [7, 11) is 0. The molecule has 5 nitrogen and oxygen atoms in total. The largest absolute Gasteiger partial charge is 0.464 e. The Kier molecular flexibility index (Phi) is 5.08. The zero-order chi connectivity index (χ0) is 17.1. The highest BCUT2D eigenvalue weighted by Gasteiger charge is 2.24. The van der Waals surface area contributed by atoms with E-state index in [9.17, 15) is 9.59 Å². The Bertz CT molecular complexity index is 733. The van der Waals surface area contributed by atoms with Crippen molar-refractivity contribution in [3.63, 3.8) is 0 Å². The van der Waals surface area contributed by atoms with Crippen LogP contribution in [0.25, 0.3) is 11.0 Å². The molecule has 124 valence electrons. The van der Waals surface area contributed by atoms with E-state index in [-0.39, 0.29) is 18.2 Å². The lowest BCUT2D eigenvalue weighted by Crippen LogP contribution is -2.48. The lowest BCUT2D eigenvalue weighted by Gasteiger charge is -2.21. The van der Waals surface area contributed by atoms with Gasteiger partial charge < -0.3 is 15.5 Å². The van der Waals surface area contributed by atoms with Crippen molar-refractivity contribution >= 4 is 22.8 Å². The molecule has 0 fully saturated rings. The molecule has 1 aromatic heterocycles. The summed E-state index contributed by atoms with van der Waals surface area (Å²) >= 11 is 0. The molecule has 0 saturated carbocycles. The van der Waals surface area contributed by atoms with Crippen LogP contribution in [0.4, 0.5) is 0 Å². The minimum Gasteiger partial charge on any atom is -0.464 e. The number of amides is 2. The van der Waals surface area contributed by atoms with E-state index in [0.29, 0.717) is 0 Å². The van der Waals surface area contributed by atoms with Gasteiger partial charge in [0.25, 0.3) is 0 Å². The van der Waals surface area contributed by atoms with Crippen molar-refractivity contribution in [2.45, 2.75) is 46.6 Å². The number of nitrogens with two attached hydrogens (primary N) is 1. The summed E-state index contributed by atoms with van der Waals surface area (Å²) in [5.74, 6) is -0.728. The quantitative estimate of drug-likeness (QED) is 0.859. The molecule has 1 heterocycles. The van der Waals surface area contributed by atoms with E-state index in [1.807, 2.05) is 39.8 Å². The molecule has 0 saturated heterocycles. The molecule has 2 aromatic rings. The highest BCUT2D eigenvalue weighted by molar-refractivity contribution is 5.91. The first-order chi connectivity index (χ1) is 10.8. The van der Waals surface area contributed by atoms with Gasteiger partial charge in [0.15, 0.2) is 0 Å². The molecule has 0 aliphatic rings. The number of benzene rings is 1. The molecule has 2 unspecified atom stereocenters. The van der Waals surface area contributed by atoms with Crippen LogP contribution in [0.2, 0.25) is 0 Å². The number of hydrogen-bond acceptors (Lipinski definition) is 3. The average molecular weight is 316 g/mol. The Morgan fingerprint density at radius 3 is 2.61 bits per heavy atom. The molecule has 3 N–H and O–H groups in total. The van der Waals surface area contributed by atoms with Crippen LogP contribution in [0.15, 0.2) is 22.8 Å². The molecular weight excluding hydrogens is 292 g/mol. The Morgan fingerprint density at radius 1 is 1.30 bits per heavy atom. The maximum absolute atomic E-state index is 12.3.